The zero-order valence-corrected chi connectivity index (χ0v) is 15.9. The van der Waals surface area contributed by atoms with Crippen LogP contribution in [0.5, 0.6) is 0 Å². The van der Waals surface area contributed by atoms with E-state index in [0.717, 1.165) is 18.3 Å². The second-order valence-electron chi connectivity index (χ2n) is 6.88. The number of nitrogens with zero attached hydrogens (tertiary/aromatic N) is 4. The normalized spacial score (nSPS) is 24.6. The molecule has 0 saturated carbocycles. The SMILES string of the molecule is COCc1nn2c(CN3CC(CC(C)(F)F)NC3(C)O)c(C(F)F)nc2s1. The molecule has 27 heavy (non-hydrogen) atoms. The third kappa shape index (κ3) is 4.40. The monoisotopic (exact) mass is 411 g/mol. The maximum atomic E-state index is 13.4. The number of fused-ring (bicyclic) bond motifs is 1. The molecular formula is C15H21F4N5O2S. The van der Waals surface area contributed by atoms with E-state index in [2.05, 4.69) is 15.4 Å². The van der Waals surface area contributed by atoms with Crippen molar-refractivity contribution in [1.82, 2.24) is 24.8 Å². The highest BCUT2D eigenvalue weighted by atomic mass is 32.1. The Morgan fingerprint density at radius 2 is 2.19 bits per heavy atom. The summed E-state index contributed by atoms with van der Waals surface area (Å²) in [5.74, 6) is -4.53. The molecule has 12 heteroatoms. The van der Waals surface area contributed by atoms with Crippen LogP contribution in [0.1, 0.15) is 43.1 Å². The molecule has 1 aliphatic rings. The molecule has 1 aliphatic heterocycles. The number of alkyl halides is 4. The Bertz CT molecular complexity index is 804. The largest absolute Gasteiger partial charge is 0.377 e. The van der Waals surface area contributed by atoms with Gasteiger partial charge in [-0.05, 0) is 13.8 Å². The molecule has 0 amide bonds. The number of methoxy groups -OCH3 is 1. The lowest BCUT2D eigenvalue weighted by molar-refractivity contribution is -0.0886. The summed E-state index contributed by atoms with van der Waals surface area (Å²) >= 11 is 1.13. The molecule has 2 aromatic rings. The molecule has 1 fully saturated rings. The Hall–Kier alpha value is -1.34. The number of aliphatic hydroxyl groups is 1. The number of rotatable bonds is 7. The van der Waals surface area contributed by atoms with Crippen LogP contribution >= 0.6 is 11.3 Å². The van der Waals surface area contributed by atoms with Crippen LogP contribution in [0.4, 0.5) is 17.6 Å². The van der Waals surface area contributed by atoms with Gasteiger partial charge in [-0.1, -0.05) is 11.3 Å². The Labute approximate surface area is 156 Å². The predicted octanol–water partition coefficient (Wildman–Crippen LogP) is 2.36. The Balaban J connectivity index is 1.89. The average molecular weight is 411 g/mol. The number of aromatic nitrogens is 3. The summed E-state index contributed by atoms with van der Waals surface area (Å²) in [6, 6.07) is -0.683. The minimum Gasteiger partial charge on any atom is -0.377 e. The van der Waals surface area contributed by atoms with Gasteiger partial charge in [0, 0.05) is 32.7 Å². The predicted molar refractivity (Wildman–Crippen MR) is 89.7 cm³/mol. The van der Waals surface area contributed by atoms with Gasteiger partial charge in [0.05, 0.1) is 12.3 Å². The lowest BCUT2D eigenvalue weighted by atomic mass is 10.1. The third-order valence-electron chi connectivity index (χ3n) is 4.32. The Morgan fingerprint density at radius 3 is 2.78 bits per heavy atom. The van der Waals surface area contributed by atoms with Crippen LogP contribution in [-0.2, 0) is 17.9 Å². The van der Waals surface area contributed by atoms with E-state index in [4.69, 9.17) is 4.74 Å². The zero-order valence-electron chi connectivity index (χ0n) is 15.0. The van der Waals surface area contributed by atoms with Crippen LogP contribution in [0, 0.1) is 0 Å². The van der Waals surface area contributed by atoms with Crippen molar-refractivity contribution in [3.8, 4) is 0 Å². The smallest absolute Gasteiger partial charge is 0.282 e. The fraction of sp³-hybridized carbons (Fsp3) is 0.733. The van der Waals surface area contributed by atoms with Crippen molar-refractivity contribution in [3.05, 3.63) is 16.4 Å². The molecule has 0 aliphatic carbocycles. The summed E-state index contributed by atoms with van der Waals surface area (Å²) < 4.78 is 59.8. The lowest BCUT2D eigenvalue weighted by Crippen LogP contribution is -2.49. The van der Waals surface area contributed by atoms with E-state index in [1.165, 1.54) is 23.4 Å². The molecule has 2 N–H and O–H groups in total. The van der Waals surface area contributed by atoms with Gasteiger partial charge in [0.1, 0.15) is 10.7 Å². The van der Waals surface area contributed by atoms with Crippen LogP contribution in [0.15, 0.2) is 0 Å². The first-order valence-corrected chi connectivity index (χ1v) is 9.09. The van der Waals surface area contributed by atoms with Crippen molar-refractivity contribution in [2.45, 2.75) is 57.7 Å². The second-order valence-corrected chi connectivity index (χ2v) is 7.93. The summed E-state index contributed by atoms with van der Waals surface area (Å²) in [6.45, 7) is 2.37. The van der Waals surface area contributed by atoms with Gasteiger partial charge in [0.15, 0.2) is 5.85 Å². The molecule has 1 saturated heterocycles. The molecule has 2 atom stereocenters. The maximum Gasteiger partial charge on any atom is 0.282 e. The van der Waals surface area contributed by atoms with E-state index >= 15 is 0 Å². The van der Waals surface area contributed by atoms with Crippen molar-refractivity contribution < 1.29 is 27.4 Å². The first-order chi connectivity index (χ1) is 12.5. The van der Waals surface area contributed by atoms with Crippen molar-refractivity contribution in [2.24, 2.45) is 0 Å². The van der Waals surface area contributed by atoms with Crippen molar-refractivity contribution in [1.29, 1.82) is 0 Å². The van der Waals surface area contributed by atoms with Gasteiger partial charge in [0.25, 0.3) is 6.43 Å². The maximum absolute atomic E-state index is 13.4. The van der Waals surface area contributed by atoms with Crippen LogP contribution in [-0.4, -0.2) is 56.1 Å². The topological polar surface area (TPSA) is 74.9 Å². The fourth-order valence-electron chi connectivity index (χ4n) is 3.26. The summed E-state index contributed by atoms with van der Waals surface area (Å²) in [5, 5.41) is 18.1. The summed E-state index contributed by atoms with van der Waals surface area (Å²) in [5.41, 5.74) is -0.317. The number of halogens is 4. The summed E-state index contributed by atoms with van der Waals surface area (Å²) in [7, 11) is 1.49. The number of hydrogen-bond acceptors (Lipinski definition) is 7. The molecule has 3 rings (SSSR count). The first kappa shape index (κ1) is 20.4. The first-order valence-electron chi connectivity index (χ1n) is 8.27. The molecule has 7 nitrogen and oxygen atoms in total. The van der Waals surface area contributed by atoms with Gasteiger partial charge >= 0.3 is 0 Å². The summed E-state index contributed by atoms with van der Waals surface area (Å²) in [4.78, 5) is 5.66. The third-order valence-corrected chi connectivity index (χ3v) is 5.21. The highest BCUT2D eigenvalue weighted by Gasteiger charge is 2.43. The molecule has 152 valence electrons. The highest BCUT2D eigenvalue weighted by molar-refractivity contribution is 7.16. The van der Waals surface area contributed by atoms with Crippen molar-refractivity contribution >= 4 is 16.3 Å². The van der Waals surface area contributed by atoms with E-state index < -0.39 is 36.4 Å². The number of ether oxygens (including phenoxy) is 1. The molecule has 0 radical (unpaired) electrons. The van der Waals surface area contributed by atoms with Crippen molar-refractivity contribution in [3.63, 3.8) is 0 Å². The Kier molecular flexibility index (Phi) is 5.47. The van der Waals surface area contributed by atoms with Crippen LogP contribution in [0.3, 0.4) is 0 Å². The molecular weight excluding hydrogens is 390 g/mol. The second kappa shape index (κ2) is 7.24. The molecule has 2 aromatic heterocycles. The number of nitrogens with one attached hydrogen (secondary N) is 1. The van der Waals surface area contributed by atoms with Gasteiger partial charge < -0.3 is 9.84 Å². The van der Waals surface area contributed by atoms with Crippen molar-refractivity contribution in [2.75, 3.05) is 13.7 Å². The van der Waals surface area contributed by atoms with Crippen LogP contribution in [0.2, 0.25) is 0 Å². The van der Waals surface area contributed by atoms with E-state index in [1.54, 1.807) is 0 Å². The molecule has 0 aromatic carbocycles. The standard InChI is InChI=1S/C15H21F4N5O2S/c1-14(18,19)4-8-5-23(15(2,25)21-8)6-9-11(12(16)17)20-13-24(9)22-10(27-13)7-26-3/h8,12,21,25H,4-7H2,1-3H3. The lowest BCUT2D eigenvalue weighted by Gasteiger charge is -2.29. The van der Waals surface area contributed by atoms with E-state index in [-0.39, 0.29) is 30.4 Å². The molecule has 0 spiro atoms. The van der Waals surface area contributed by atoms with Gasteiger partial charge in [-0.15, -0.1) is 0 Å². The van der Waals surface area contributed by atoms with Gasteiger partial charge in [-0.3, -0.25) is 10.2 Å². The van der Waals surface area contributed by atoms with Crippen LogP contribution < -0.4 is 5.32 Å². The fourth-order valence-corrected chi connectivity index (χ4v) is 4.16. The van der Waals surface area contributed by atoms with E-state index in [9.17, 15) is 22.7 Å². The van der Waals surface area contributed by atoms with Gasteiger partial charge in [0.2, 0.25) is 10.9 Å². The minimum absolute atomic E-state index is 0.0708. The number of imidazole rings is 1. The van der Waals surface area contributed by atoms with E-state index in [0.29, 0.717) is 5.01 Å². The van der Waals surface area contributed by atoms with Gasteiger partial charge in [-0.25, -0.2) is 27.1 Å². The highest BCUT2D eigenvalue weighted by Crippen LogP contribution is 2.31. The number of hydrogen-bond donors (Lipinski definition) is 2. The quantitative estimate of drug-likeness (QED) is 0.682. The minimum atomic E-state index is -2.91. The molecule has 2 unspecified atom stereocenters. The molecule has 3 heterocycles. The zero-order chi connectivity index (χ0) is 20.0. The average Bonchev–Trinajstić information content (AvgIpc) is 3.10. The molecule has 0 bridgehead atoms. The van der Waals surface area contributed by atoms with Gasteiger partial charge in [-0.2, -0.15) is 5.10 Å². The summed E-state index contributed by atoms with van der Waals surface area (Å²) in [6.07, 6.45) is -3.30. The van der Waals surface area contributed by atoms with E-state index in [1.807, 2.05) is 0 Å². The Morgan fingerprint density at radius 1 is 1.48 bits per heavy atom. The van der Waals surface area contributed by atoms with Crippen LogP contribution in [0.25, 0.3) is 4.96 Å².